The van der Waals surface area contributed by atoms with E-state index in [1.807, 2.05) is 26.0 Å². The minimum absolute atomic E-state index is 0.196. The van der Waals surface area contributed by atoms with Crippen molar-refractivity contribution in [1.29, 1.82) is 5.26 Å². The van der Waals surface area contributed by atoms with Crippen molar-refractivity contribution in [1.82, 2.24) is 15.0 Å². The highest BCUT2D eigenvalue weighted by molar-refractivity contribution is 5.94. The Morgan fingerprint density at radius 3 is 2.58 bits per heavy atom. The van der Waals surface area contributed by atoms with Gasteiger partial charge in [0.15, 0.2) is 5.69 Å². The number of aromatic nitrogens is 3. The number of para-hydroxylation sites is 1. The fraction of sp³-hybridized carbons (Fsp3) is 0.125. The second kappa shape index (κ2) is 8.20. The lowest BCUT2D eigenvalue weighted by atomic mass is 10.0. The third-order valence-corrected chi connectivity index (χ3v) is 5.00. The number of fused-ring (bicyclic) bond motifs is 1. The summed E-state index contributed by atoms with van der Waals surface area (Å²) in [7, 11) is 0. The van der Waals surface area contributed by atoms with Crippen LogP contribution in [0.1, 0.15) is 40.1 Å². The molecule has 0 spiro atoms. The third kappa shape index (κ3) is 3.91. The fourth-order valence-electron chi connectivity index (χ4n) is 3.56. The number of anilines is 1. The van der Waals surface area contributed by atoms with E-state index >= 15 is 0 Å². The number of pyridine rings is 1. The van der Waals surface area contributed by atoms with Crippen LogP contribution >= 0.6 is 0 Å². The van der Waals surface area contributed by atoms with Crippen molar-refractivity contribution < 1.29 is 9.90 Å². The number of aromatic carboxylic acids is 1. The van der Waals surface area contributed by atoms with Crippen molar-refractivity contribution >= 4 is 22.7 Å². The van der Waals surface area contributed by atoms with Crippen molar-refractivity contribution in [2.24, 2.45) is 0 Å². The van der Waals surface area contributed by atoms with Gasteiger partial charge in [0.05, 0.1) is 22.6 Å². The molecule has 1 atom stereocenters. The van der Waals surface area contributed by atoms with E-state index in [-0.39, 0.29) is 17.3 Å². The van der Waals surface area contributed by atoms with Gasteiger partial charge in [-0.1, -0.05) is 18.2 Å². The largest absolute Gasteiger partial charge is 0.478 e. The molecule has 0 saturated heterocycles. The number of rotatable bonds is 5. The van der Waals surface area contributed by atoms with Crippen LogP contribution in [-0.2, 0) is 0 Å². The van der Waals surface area contributed by atoms with Gasteiger partial charge in [-0.15, -0.1) is 0 Å². The van der Waals surface area contributed by atoms with Gasteiger partial charge in [-0.05, 0) is 49.7 Å². The van der Waals surface area contributed by atoms with E-state index in [9.17, 15) is 15.2 Å². The fourth-order valence-corrected chi connectivity index (χ4v) is 3.56. The molecule has 0 saturated carbocycles. The van der Waals surface area contributed by atoms with Gasteiger partial charge in [0, 0.05) is 29.2 Å². The molecule has 0 radical (unpaired) electrons. The number of benzene rings is 2. The molecule has 4 aromatic rings. The zero-order valence-electron chi connectivity index (χ0n) is 17.0. The van der Waals surface area contributed by atoms with Gasteiger partial charge in [-0.2, -0.15) is 5.26 Å². The smallest absolute Gasteiger partial charge is 0.337 e. The summed E-state index contributed by atoms with van der Waals surface area (Å²) < 4.78 is 0. The van der Waals surface area contributed by atoms with Gasteiger partial charge < -0.3 is 10.4 Å². The van der Waals surface area contributed by atoms with Crippen molar-refractivity contribution in [3.63, 3.8) is 0 Å². The maximum atomic E-state index is 11.6. The Balaban J connectivity index is 1.86. The molecule has 0 aliphatic rings. The second-order valence-electron chi connectivity index (χ2n) is 7.21. The minimum atomic E-state index is -0.997. The van der Waals surface area contributed by atoms with E-state index in [1.54, 1.807) is 48.8 Å². The monoisotopic (exact) mass is 409 g/mol. The molecule has 152 valence electrons. The molecule has 31 heavy (non-hydrogen) atoms. The summed E-state index contributed by atoms with van der Waals surface area (Å²) in [5, 5.41) is 22.4. The maximum Gasteiger partial charge on any atom is 0.337 e. The molecule has 0 aliphatic heterocycles. The molecular formula is C24H19N5O2. The predicted molar refractivity (Wildman–Crippen MR) is 118 cm³/mol. The first-order chi connectivity index (χ1) is 15.0. The number of aryl methyl sites for hydroxylation is 1. The van der Waals surface area contributed by atoms with Crippen LogP contribution < -0.4 is 5.32 Å². The van der Waals surface area contributed by atoms with E-state index in [0.29, 0.717) is 22.4 Å². The molecule has 2 aromatic heterocycles. The Morgan fingerprint density at radius 2 is 1.87 bits per heavy atom. The van der Waals surface area contributed by atoms with Crippen molar-refractivity contribution in [2.45, 2.75) is 19.9 Å². The number of carbonyl (C=O) groups is 1. The molecule has 0 bridgehead atoms. The Morgan fingerprint density at radius 1 is 1.13 bits per heavy atom. The lowest BCUT2D eigenvalue weighted by Gasteiger charge is -2.19. The standard InChI is InChI=1S/C24H19N5O2/c1-14-11-18(15(2)27-19-6-4-3-5-17(19)24(30)31)23-20(12-14)28-21(13-25)22(29-23)16-7-9-26-10-8-16/h3-12,15,27H,1-2H3,(H,30,31)/t15-/m1/s1. The summed E-state index contributed by atoms with van der Waals surface area (Å²) in [5.41, 5.74) is 5.31. The van der Waals surface area contributed by atoms with Crippen LogP contribution in [0.5, 0.6) is 0 Å². The molecule has 2 heterocycles. The van der Waals surface area contributed by atoms with Crippen LogP contribution in [-0.4, -0.2) is 26.0 Å². The van der Waals surface area contributed by atoms with Gasteiger partial charge in [-0.3, -0.25) is 4.98 Å². The number of nitrogens with zero attached hydrogens (tertiary/aromatic N) is 4. The summed E-state index contributed by atoms with van der Waals surface area (Å²) in [6.45, 7) is 3.89. The number of carboxylic acid groups (broad SMARTS) is 1. The van der Waals surface area contributed by atoms with E-state index < -0.39 is 5.97 Å². The summed E-state index contributed by atoms with van der Waals surface area (Å²) in [4.78, 5) is 25.0. The first-order valence-corrected chi connectivity index (χ1v) is 9.69. The topological polar surface area (TPSA) is 112 Å². The predicted octanol–water partition coefficient (Wildman–Crippen LogP) is 4.74. The van der Waals surface area contributed by atoms with Crippen molar-refractivity contribution in [3.8, 4) is 17.3 Å². The van der Waals surface area contributed by atoms with Crippen LogP contribution in [0.15, 0.2) is 60.9 Å². The lowest BCUT2D eigenvalue weighted by molar-refractivity contribution is 0.0698. The molecular weight excluding hydrogens is 390 g/mol. The quantitative estimate of drug-likeness (QED) is 0.489. The Bertz CT molecular complexity index is 1330. The molecule has 7 nitrogen and oxygen atoms in total. The number of hydrogen-bond acceptors (Lipinski definition) is 6. The van der Waals surface area contributed by atoms with E-state index in [0.717, 1.165) is 16.7 Å². The van der Waals surface area contributed by atoms with Crippen LogP contribution in [0.3, 0.4) is 0 Å². The van der Waals surface area contributed by atoms with Crippen LogP contribution in [0.2, 0.25) is 0 Å². The average molecular weight is 409 g/mol. The van der Waals surface area contributed by atoms with Gasteiger partial charge in [0.2, 0.25) is 0 Å². The molecule has 4 rings (SSSR count). The molecule has 7 heteroatoms. The SMILES string of the molecule is Cc1cc([C@@H](C)Nc2ccccc2C(=O)O)c2nc(-c3ccncc3)c(C#N)nc2c1. The highest BCUT2D eigenvalue weighted by Crippen LogP contribution is 2.30. The minimum Gasteiger partial charge on any atom is -0.478 e. The Kier molecular flexibility index (Phi) is 5.29. The molecule has 0 fully saturated rings. The number of nitriles is 1. The first kappa shape index (κ1) is 20.0. The lowest BCUT2D eigenvalue weighted by Crippen LogP contribution is -2.12. The van der Waals surface area contributed by atoms with Gasteiger partial charge in [0.1, 0.15) is 11.8 Å². The van der Waals surface area contributed by atoms with E-state index in [1.165, 1.54) is 0 Å². The summed E-state index contributed by atoms with van der Waals surface area (Å²) in [6, 6.07) is 16.1. The van der Waals surface area contributed by atoms with Gasteiger partial charge in [0.25, 0.3) is 0 Å². The number of hydrogen-bond donors (Lipinski definition) is 2. The number of nitrogens with one attached hydrogen (secondary N) is 1. The normalized spacial score (nSPS) is 11.6. The highest BCUT2D eigenvalue weighted by atomic mass is 16.4. The molecule has 0 unspecified atom stereocenters. The molecule has 2 N–H and O–H groups in total. The summed E-state index contributed by atoms with van der Waals surface area (Å²) in [5.74, 6) is -0.997. The molecule has 2 aromatic carbocycles. The first-order valence-electron chi connectivity index (χ1n) is 9.69. The molecule has 0 amide bonds. The summed E-state index contributed by atoms with van der Waals surface area (Å²) >= 11 is 0. The van der Waals surface area contributed by atoms with E-state index in [4.69, 9.17) is 4.98 Å². The zero-order chi connectivity index (χ0) is 22.0. The Labute approximate surface area is 179 Å². The average Bonchev–Trinajstić information content (AvgIpc) is 2.78. The van der Waals surface area contributed by atoms with Crippen LogP contribution in [0, 0.1) is 18.3 Å². The third-order valence-electron chi connectivity index (χ3n) is 5.00. The maximum absolute atomic E-state index is 11.6. The zero-order valence-corrected chi connectivity index (χ0v) is 17.0. The van der Waals surface area contributed by atoms with Gasteiger partial charge in [-0.25, -0.2) is 14.8 Å². The number of carboxylic acids is 1. The van der Waals surface area contributed by atoms with Crippen molar-refractivity contribution in [2.75, 3.05) is 5.32 Å². The summed E-state index contributed by atoms with van der Waals surface area (Å²) in [6.07, 6.45) is 3.29. The van der Waals surface area contributed by atoms with Crippen molar-refractivity contribution in [3.05, 3.63) is 83.3 Å². The van der Waals surface area contributed by atoms with Gasteiger partial charge >= 0.3 is 5.97 Å². The molecule has 0 aliphatic carbocycles. The van der Waals surface area contributed by atoms with Crippen LogP contribution in [0.4, 0.5) is 5.69 Å². The second-order valence-corrected chi connectivity index (χ2v) is 7.21. The van der Waals surface area contributed by atoms with Crippen LogP contribution in [0.25, 0.3) is 22.3 Å². The van der Waals surface area contributed by atoms with E-state index in [2.05, 4.69) is 21.4 Å². The Hall–Kier alpha value is -4.31. The highest BCUT2D eigenvalue weighted by Gasteiger charge is 2.18.